The van der Waals surface area contributed by atoms with Crippen LogP contribution < -0.4 is 4.74 Å². The topological polar surface area (TPSA) is 92.5 Å². The van der Waals surface area contributed by atoms with Gasteiger partial charge in [-0.05, 0) is 48.5 Å². The number of phenolic OH excluding ortho intramolecular Hbond substituents is 2. The summed E-state index contributed by atoms with van der Waals surface area (Å²) in [6.07, 6.45) is 2.79. The Balaban J connectivity index is 1.73. The molecule has 3 aromatic rings. The number of phenols is 2. The van der Waals surface area contributed by atoms with E-state index in [2.05, 4.69) is 9.97 Å². The fourth-order valence-electron chi connectivity index (χ4n) is 1.89. The summed E-state index contributed by atoms with van der Waals surface area (Å²) < 4.78 is 5.16. The molecule has 0 aliphatic heterocycles. The van der Waals surface area contributed by atoms with Crippen LogP contribution >= 0.6 is 0 Å². The molecule has 0 unspecified atom stereocenters. The van der Waals surface area contributed by atoms with Crippen LogP contribution in [0.3, 0.4) is 0 Å². The standard InChI is InChI=1S/C17H12N2O4/c20-13-5-1-11(2-6-13)16-18-9-15(10-19-16)23-17(22)12-3-7-14(21)8-4-12/h1-10,20-21H. The summed E-state index contributed by atoms with van der Waals surface area (Å²) in [6, 6.07) is 12.2. The highest BCUT2D eigenvalue weighted by atomic mass is 16.5. The highest BCUT2D eigenvalue weighted by Gasteiger charge is 2.10. The van der Waals surface area contributed by atoms with Crippen molar-refractivity contribution in [1.29, 1.82) is 0 Å². The number of aromatic hydroxyl groups is 2. The molecule has 6 heteroatoms. The Labute approximate surface area is 131 Å². The zero-order chi connectivity index (χ0) is 16.2. The van der Waals surface area contributed by atoms with E-state index < -0.39 is 5.97 Å². The Bertz CT molecular complexity index is 813. The molecule has 0 atom stereocenters. The monoisotopic (exact) mass is 308 g/mol. The van der Waals surface area contributed by atoms with Gasteiger partial charge in [-0.15, -0.1) is 0 Å². The smallest absolute Gasteiger partial charge is 0.343 e. The van der Waals surface area contributed by atoms with Crippen LogP contribution in [0.5, 0.6) is 17.2 Å². The van der Waals surface area contributed by atoms with Crippen molar-refractivity contribution >= 4 is 5.97 Å². The molecular formula is C17H12N2O4. The Morgan fingerprint density at radius 2 is 1.35 bits per heavy atom. The van der Waals surface area contributed by atoms with E-state index in [1.165, 1.54) is 48.8 Å². The summed E-state index contributed by atoms with van der Waals surface area (Å²) in [5.74, 6) is 0.336. The minimum Gasteiger partial charge on any atom is -0.508 e. The fraction of sp³-hybridized carbons (Fsp3) is 0. The first kappa shape index (κ1) is 14.5. The van der Waals surface area contributed by atoms with Crippen molar-refractivity contribution in [3.63, 3.8) is 0 Å². The number of hydrogen-bond donors (Lipinski definition) is 2. The third kappa shape index (κ3) is 3.44. The van der Waals surface area contributed by atoms with Gasteiger partial charge in [-0.2, -0.15) is 0 Å². The van der Waals surface area contributed by atoms with E-state index in [4.69, 9.17) is 4.74 Å². The number of esters is 1. The molecule has 0 fully saturated rings. The van der Waals surface area contributed by atoms with Crippen LogP contribution in [0.15, 0.2) is 60.9 Å². The molecule has 0 radical (unpaired) electrons. The van der Waals surface area contributed by atoms with Crippen molar-refractivity contribution in [2.24, 2.45) is 0 Å². The van der Waals surface area contributed by atoms with Crippen molar-refractivity contribution in [2.75, 3.05) is 0 Å². The minimum atomic E-state index is -0.564. The van der Waals surface area contributed by atoms with Crippen LogP contribution in [0.25, 0.3) is 11.4 Å². The van der Waals surface area contributed by atoms with Gasteiger partial charge in [0.15, 0.2) is 11.6 Å². The number of nitrogens with zero attached hydrogens (tertiary/aromatic N) is 2. The molecule has 0 aliphatic rings. The molecule has 0 bridgehead atoms. The highest BCUT2D eigenvalue weighted by Crippen LogP contribution is 2.20. The lowest BCUT2D eigenvalue weighted by Crippen LogP contribution is -2.08. The molecule has 1 aromatic heterocycles. The van der Waals surface area contributed by atoms with E-state index in [-0.39, 0.29) is 17.2 Å². The predicted octanol–water partition coefficient (Wildman–Crippen LogP) is 2.77. The molecule has 2 N–H and O–H groups in total. The quantitative estimate of drug-likeness (QED) is 0.723. The molecule has 0 amide bonds. The number of rotatable bonds is 3. The molecule has 0 saturated carbocycles. The number of carbonyl (C=O) groups is 1. The molecule has 114 valence electrons. The van der Waals surface area contributed by atoms with E-state index in [1.54, 1.807) is 12.1 Å². The first-order valence-electron chi connectivity index (χ1n) is 6.74. The van der Waals surface area contributed by atoms with E-state index >= 15 is 0 Å². The summed E-state index contributed by atoms with van der Waals surface area (Å²) in [6.45, 7) is 0. The lowest BCUT2D eigenvalue weighted by Gasteiger charge is -2.05. The van der Waals surface area contributed by atoms with Crippen LogP contribution in [0.1, 0.15) is 10.4 Å². The maximum absolute atomic E-state index is 11.9. The largest absolute Gasteiger partial charge is 0.508 e. The average Bonchev–Trinajstić information content (AvgIpc) is 2.57. The van der Waals surface area contributed by atoms with Gasteiger partial charge >= 0.3 is 5.97 Å². The Morgan fingerprint density at radius 3 is 1.91 bits per heavy atom. The summed E-state index contributed by atoms with van der Waals surface area (Å²) in [4.78, 5) is 20.2. The van der Waals surface area contributed by atoms with Crippen molar-refractivity contribution < 1.29 is 19.7 Å². The third-order valence-electron chi connectivity index (χ3n) is 3.07. The fourth-order valence-corrected chi connectivity index (χ4v) is 1.89. The summed E-state index contributed by atoms with van der Waals surface area (Å²) in [5.41, 5.74) is 1.05. The molecule has 0 saturated heterocycles. The maximum Gasteiger partial charge on any atom is 0.343 e. The van der Waals surface area contributed by atoms with Crippen LogP contribution in [-0.4, -0.2) is 26.2 Å². The first-order valence-corrected chi connectivity index (χ1v) is 6.74. The number of aromatic nitrogens is 2. The number of ether oxygens (including phenoxy) is 1. The second-order valence-electron chi connectivity index (χ2n) is 4.73. The van der Waals surface area contributed by atoms with E-state index in [0.717, 1.165) is 5.56 Å². The van der Waals surface area contributed by atoms with Gasteiger partial charge in [0, 0.05) is 5.56 Å². The first-order chi connectivity index (χ1) is 11.1. The average molecular weight is 308 g/mol. The molecule has 3 rings (SSSR count). The van der Waals surface area contributed by atoms with Gasteiger partial charge in [-0.1, -0.05) is 0 Å². The Morgan fingerprint density at radius 1 is 0.826 bits per heavy atom. The van der Waals surface area contributed by atoms with Gasteiger partial charge in [0.2, 0.25) is 0 Å². The zero-order valence-corrected chi connectivity index (χ0v) is 11.9. The maximum atomic E-state index is 11.9. The van der Waals surface area contributed by atoms with E-state index in [9.17, 15) is 15.0 Å². The van der Waals surface area contributed by atoms with Gasteiger partial charge in [0.1, 0.15) is 11.5 Å². The van der Waals surface area contributed by atoms with E-state index in [1.807, 2.05) is 0 Å². The highest BCUT2D eigenvalue weighted by molar-refractivity contribution is 5.91. The van der Waals surface area contributed by atoms with Crippen LogP contribution in [0, 0.1) is 0 Å². The normalized spacial score (nSPS) is 10.3. The van der Waals surface area contributed by atoms with Crippen molar-refractivity contribution in [1.82, 2.24) is 9.97 Å². The molecule has 0 spiro atoms. The molecular weight excluding hydrogens is 296 g/mol. The number of benzene rings is 2. The van der Waals surface area contributed by atoms with Gasteiger partial charge in [0.05, 0.1) is 18.0 Å². The second-order valence-corrected chi connectivity index (χ2v) is 4.73. The van der Waals surface area contributed by atoms with E-state index in [0.29, 0.717) is 11.4 Å². The summed E-state index contributed by atoms with van der Waals surface area (Å²) in [5, 5.41) is 18.5. The summed E-state index contributed by atoms with van der Waals surface area (Å²) >= 11 is 0. The lowest BCUT2D eigenvalue weighted by molar-refractivity contribution is 0.0733. The number of carbonyl (C=O) groups excluding carboxylic acids is 1. The van der Waals surface area contributed by atoms with Gasteiger partial charge in [0.25, 0.3) is 0 Å². The molecule has 1 heterocycles. The van der Waals surface area contributed by atoms with Crippen LogP contribution in [0.2, 0.25) is 0 Å². The molecule has 23 heavy (non-hydrogen) atoms. The molecule has 2 aromatic carbocycles. The molecule has 0 aliphatic carbocycles. The molecule has 6 nitrogen and oxygen atoms in total. The SMILES string of the molecule is O=C(Oc1cnc(-c2ccc(O)cc2)nc1)c1ccc(O)cc1. The minimum absolute atomic E-state index is 0.0723. The Hall–Kier alpha value is -3.41. The lowest BCUT2D eigenvalue weighted by atomic mass is 10.2. The summed E-state index contributed by atoms with van der Waals surface area (Å²) in [7, 11) is 0. The third-order valence-corrected chi connectivity index (χ3v) is 3.07. The van der Waals surface area contributed by atoms with Gasteiger partial charge in [-0.3, -0.25) is 0 Å². The van der Waals surface area contributed by atoms with Gasteiger partial charge < -0.3 is 14.9 Å². The van der Waals surface area contributed by atoms with Crippen molar-refractivity contribution in [3.05, 3.63) is 66.5 Å². The zero-order valence-electron chi connectivity index (χ0n) is 11.9. The van der Waals surface area contributed by atoms with Crippen molar-refractivity contribution in [2.45, 2.75) is 0 Å². The predicted molar refractivity (Wildman–Crippen MR) is 82.2 cm³/mol. The number of hydrogen-bond acceptors (Lipinski definition) is 6. The van der Waals surface area contributed by atoms with Crippen LogP contribution in [0.4, 0.5) is 0 Å². The Kier molecular flexibility index (Phi) is 3.88. The van der Waals surface area contributed by atoms with Crippen LogP contribution in [-0.2, 0) is 0 Å². The second kappa shape index (κ2) is 6.15. The van der Waals surface area contributed by atoms with Crippen molar-refractivity contribution in [3.8, 4) is 28.6 Å². The van der Waals surface area contributed by atoms with Gasteiger partial charge in [-0.25, -0.2) is 14.8 Å².